The van der Waals surface area contributed by atoms with Crippen molar-refractivity contribution in [2.45, 2.75) is 63.6 Å². The Bertz CT molecular complexity index is 296. The summed E-state index contributed by atoms with van der Waals surface area (Å²) in [7, 11) is 2.16. The second-order valence-electron chi connectivity index (χ2n) is 5.95. The van der Waals surface area contributed by atoms with Crippen LogP contribution in [0, 0.1) is 0 Å². The summed E-state index contributed by atoms with van der Waals surface area (Å²) in [4.78, 5) is 16.1. The number of likely N-dealkylation sites (tertiary alicyclic amines) is 2. The zero-order valence-corrected chi connectivity index (χ0v) is 11.6. The minimum atomic E-state index is -0.622. The van der Waals surface area contributed by atoms with E-state index in [1.807, 2.05) is 0 Å². The molecule has 3 atom stereocenters. The highest BCUT2D eigenvalue weighted by atomic mass is 16.4. The van der Waals surface area contributed by atoms with Gasteiger partial charge < -0.3 is 10.0 Å². The van der Waals surface area contributed by atoms with Gasteiger partial charge in [0.2, 0.25) is 0 Å². The summed E-state index contributed by atoms with van der Waals surface area (Å²) in [5.41, 5.74) is 0. The fraction of sp³-hybridized carbons (Fsp3) is 0.929. The molecule has 0 aromatic carbocycles. The Hall–Kier alpha value is -0.610. The maximum Gasteiger partial charge on any atom is 0.320 e. The predicted octanol–water partition coefficient (Wildman–Crippen LogP) is 1.80. The number of nitrogens with zero attached hydrogens (tertiary/aromatic N) is 2. The minimum absolute atomic E-state index is 0.242. The Morgan fingerprint density at radius 3 is 2.61 bits per heavy atom. The van der Waals surface area contributed by atoms with E-state index in [2.05, 4.69) is 23.8 Å². The molecule has 0 aliphatic carbocycles. The van der Waals surface area contributed by atoms with Gasteiger partial charge in [0.25, 0.3) is 0 Å². The van der Waals surface area contributed by atoms with Crippen molar-refractivity contribution >= 4 is 5.97 Å². The lowest BCUT2D eigenvalue weighted by Crippen LogP contribution is -2.52. The largest absolute Gasteiger partial charge is 0.480 e. The molecule has 0 bridgehead atoms. The third-order valence-corrected chi connectivity index (χ3v) is 4.73. The number of carboxylic acids is 1. The van der Waals surface area contributed by atoms with Crippen LogP contribution in [0.4, 0.5) is 0 Å². The fourth-order valence-corrected chi connectivity index (χ4v) is 3.40. The van der Waals surface area contributed by atoms with E-state index in [0.29, 0.717) is 12.1 Å². The van der Waals surface area contributed by atoms with Crippen LogP contribution in [-0.2, 0) is 4.79 Å². The molecule has 3 unspecified atom stereocenters. The van der Waals surface area contributed by atoms with Gasteiger partial charge in [0, 0.05) is 12.1 Å². The Morgan fingerprint density at radius 2 is 1.94 bits per heavy atom. The van der Waals surface area contributed by atoms with Crippen LogP contribution in [0.3, 0.4) is 0 Å². The zero-order valence-electron chi connectivity index (χ0n) is 11.6. The molecule has 0 radical (unpaired) electrons. The van der Waals surface area contributed by atoms with Crippen LogP contribution in [-0.4, -0.2) is 59.1 Å². The first-order chi connectivity index (χ1) is 8.59. The molecule has 2 rings (SSSR count). The first-order valence-electron chi connectivity index (χ1n) is 7.28. The number of carbonyl (C=O) groups is 1. The van der Waals surface area contributed by atoms with Gasteiger partial charge in [-0.05, 0) is 52.7 Å². The highest BCUT2D eigenvalue weighted by Crippen LogP contribution is 2.26. The lowest BCUT2D eigenvalue weighted by Gasteiger charge is -2.42. The van der Waals surface area contributed by atoms with Crippen molar-refractivity contribution < 1.29 is 9.90 Å². The number of hydrogen-bond donors (Lipinski definition) is 1. The van der Waals surface area contributed by atoms with Crippen molar-refractivity contribution in [2.24, 2.45) is 0 Å². The Morgan fingerprint density at radius 1 is 1.17 bits per heavy atom. The van der Waals surface area contributed by atoms with Crippen LogP contribution >= 0.6 is 0 Å². The van der Waals surface area contributed by atoms with E-state index >= 15 is 0 Å². The second-order valence-corrected chi connectivity index (χ2v) is 5.95. The molecule has 2 fully saturated rings. The van der Waals surface area contributed by atoms with Crippen LogP contribution in [0.25, 0.3) is 0 Å². The van der Waals surface area contributed by atoms with E-state index < -0.39 is 5.97 Å². The van der Waals surface area contributed by atoms with Crippen LogP contribution in [0.15, 0.2) is 0 Å². The lowest BCUT2D eigenvalue weighted by molar-refractivity contribution is -0.145. The molecule has 2 heterocycles. The van der Waals surface area contributed by atoms with E-state index in [4.69, 9.17) is 0 Å². The van der Waals surface area contributed by atoms with Gasteiger partial charge in [-0.2, -0.15) is 0 Å². The van der Waals surface area contributed by atoms with Gasteiger partial charge in [0.05, 0.1) is 0 Å². The summed E-state index contributed by atoms with van der Waals surface area (Å²) >= 11 is 0. The van der Waals surface area contributed by atoms with E-state index in [0.717, 1.165) is 45.2 Å². The molecule has 2 saturated heterocycles. The van der Waals surface area contributed by atoms with Crippen LogP contribution in [0.5, 0.6) is 0 Å². The highest BCUT2D eigenvalue weighted by molar-refractivity contribution is 5.73. The summed E-state index contributed by atoms with van der Waals surface area (Å²) in [6, 6.07) is 0.796. The summed E-state index contributed by atoms with van der Waals surface area (Å²) in [6.45, 7) is 4.31. The summed E-state index contributed by atoms with van der Waals surface area (Å²) in [6.07, 6.45) is 6.46. The first-order valence-corrected chi connectivity index (χ1v) is 7.28. The topological polar surface area (TPSA) is 43.8 Å². The number of carboxylic acid groups (broad SMARTS) is 1. The van der Waals surface area contributed by atoms with E-state index in [1.165, 1.54) is 6.42 Å². The quantitative estimate of drug-likeness (QED) is 0.816. The molecule has 4 heteroatoms. The molecule has 0 amide bonds. The zero-order chi connectivity index (χ0) is 13.1. The van der Waals surface area contributed by atoms with Crippen molar-refractivity contribution in [3.63, 3.8) is 0 Å². The van der Waals surface area contributed by atoms with Crippen LogP contribution < -0.4 is 0 Å². The van der Waals surface area contributed by atoms with Gasteiger partial charge in [-0.25, -0.2) is 0 Å². The smallest absolute Gasteiger partial charge is 0.320 e. The van der Waals surface area contributed by atoms with Gasteiger partial charge in [-0.3, -0.25) is 9.69 Å². The molecule has 104 valence electrons. The van der Waals surface area contributed by atoms with Crippen LogP contribution in [0.1, 0.15) is 45.4 Å². The molecule has 0 saturated carbocycles. The van der Waals surface area contributed by atoms with Gasteiger partial charge in [0.1, 0.15) is 6.04 Å². The summed E-state index contributed by atoms with van der Waals surface area (Å²) in [5, 5.41) is 9.43. The molecule has 2 aliphatic heterocycles. The molecule has 4 nitrogen and oxygen atoms in total. The predicted molar refractivity (Wildman–Crippen MR) is 71.7 cm³/mol. The monoisotopic (exact) mass is 254 g/mol. The van der Waals surface area contributed by atoms with Crippen molar-refractivity contribution in [1.82, 2.24) is 9.80 Å². The van der Waals surface area contributed by atoms with Crippen LogP contribution in [0.2, 0.25) is 0 Å². The Kier molecular flexibility index (Phi) is 4.62. The van der Waals surface area contributed by atoms with Gasteiger partial charge >= 0.3 is 5.97 Å². The maximum atomic E-state index is 11.5. The average molecular weight is 254 g/mol. The summed E-state index contributed by atoms with van der Waals surface area (Å²) in [5.74, 6) is -0.622. The first kappa shape index (κ1) is 13.8. The third-order valence-electron chi connectivity index (χ3n) is 4.73. The van der Waals surface area contributed by atoms with Crippen molar-refractivity contribution in [2.75, 3.05) is 20.1 Å². The van der Waals surface area contributed by atoms with Crippen molar-refractivity contribution in [1.29, 1.82) is 0 Å². The van der Waals surface area contributed by atoms with Crippen molar-refractivity contribution in [3.8, 4) is 0 Å². The Balaban J connectivity index is 2.05. The standard InChI is InChI=1S/C14H26N2O2/c1-11-10-12(7-9-15(11)2)16-8-5-3-4-6-13(16)14(17)18/h11-13H,3-10H2,1-2H3,(H,17,18). The van der Waals surface area contributed by atoms with E-state index in [-0.39, 0.29) is 6.04 Å². The summed E-state index contributed by atoms with van der Waals surface area (Å²) < 4.78 is 0. The second kappa shape index (κ2) is 6.02. The van der Waals surface area contributed by atoms with Gasteiger partial charge in [0.15, 0.2) is 0 Å². The molecular weight excluding hydrogens is 228 g/mol. The number of hydrogen-bond acceptors (Lipinski definition) is 3. The molecule has 0 aromatic heterocycles. The molecule has 18 heavy (non-hydrogen) atoms. The third kappa shape index (κ3) is 3.04. The fourth-order valence-electron chi connectivity index (χ4n) is 3.40. The lowest BCUT2D eigenvalue weighted by atomic mass is 9.95. The highest BCUT2D eigenvalue weighted by Gasteiger charge is 2.35. The number of piperidine rings is 1. The SMILES string of the molecule is CC1CC(N2CCCCCC2C(=O)O)CCN1C. The normalized spacial score (nSPS) is 36.2. The minimum Gasteiger partial charge on any atom is -0.480 e. The van der Waals surface area contributed by atoms with Gasteiger partial charge in [-0.1, -0.05) is 12.8 Å². The number of rotatable bonds is 2. The van der Waals surface area contributed by atoms with Crippen molar-refractivity contribution in [3.05, 3.63) is 0 Å². The number of aliphatic carboxylic acids is 1. The molecular formula is C14H26N2O2. The molecule has 0 aromatic rings. The van der Waals surface area contributed by atoms with E-state index in [9.17, 15) is 9.90 Å². The molecule has 2 aliphatic rings. The van der Waals surface area contributed by atoms with E-state index in [1.54, 1.807) is 0 Å². The maximum absolute atomic E-state index is 11.5. The Labute approximate surface area is 110 Å². The average Bonchev–Trinajstić information content (AvgIpc) is 2.58. The molecule has 1 N–H and O–H groups in total. The molecule has 0 spiro atoms. The van der Waals surface area contributed by atoms with Gasteiger partial charge in [-0.15, -0.1) is 0 Å².